The van der Waals surface area contributed by atoms with Crippen LogP contribution in [0.15, 0.2) is 57.2 Å². The van der Waals surface area contributed by atoms with E-state index >= 15 is 0 Å². The molecule has 0 saturated carbocycles. The molecule has 0 saturated heterocycles. The third-order valence-electron chi connectivity index (χ3n) is 5.00. The van der Waals surface area contributed by atoms with Crippen LogP contribution < -0.4 is 0 Å². The van der Waals surface area contributed by atoms with Gasteiger partial charge < -0.3 is 0 Å². The van der Waals surface area contributed by atoms with Gasteiger partial charge in [-0.1, -0.05) is 59.7 Å². The molecular formula is C22H26F4O5S3. The summed E-state index contributed by atoms with van der Waals surface area (Å²) in [7, 11) is -10.7. The summed E-state index contributed by atoms with van der Waals surface area (Å²) < 4.78 is 113. The fourth-order valence-corrected chi connectivity index (χ4v) is 6.16. The van der Waals surface area contributed by atoms with Gasteiger partial charge in [0.1, 0.15) is 0 Å². The number of halogens is 4. The quantitative estimate of drug-likeness (QED) is 0.263. The normalized spacial score (nSPS) is 14.3. The van der Waals surface area contributed by atoms with Crippen molar-refractivity contribution in [2.45, 2.75) is 77.6 Å². The van der Waals surface area contributed by atoms with Gasteiger partial charge in [0.25, 0.3) is 0 Å². The Morgan fingerprint density at radius 3 is 1.62 bits per heavy atom. The van der Waals surface area contributed by atoms with Gasteiger partial charge in [0.2, 0.25) is 9.84 Å². The van der Waals surface area contributed by atoms with Crippen LogP contribution >= 0.6 is 11.8 Å². The summed E-state index contributed by atoms with van der Waals surface area (Å²) in [5, 5.41) is -11.1. The lowest BCUT2D eigenvalue weighted by Crippen LogP contribution is -2.44. The van der Waals surface area contributed by atoms with Crippen LogP contribution in [0.25, 0.3) is 0 Å². The first-order chi connectivity index (χ1) is 15.0. The molecule has 0 atom stereocenters. The average molecular weight is 543 g/mol. The smallest absolute Gasteiger partial charge is 0.281 e. The number of hydrogen-bond acceptors (Lipinski definition) is 5. The SMILES string of the molecule is CC(C)(C)c1ccc(S(=O)(=O)c2ccc(C(C)(C)C)c(SC(F)(F)C(F)(F)S(=O)(=O)O)c2)cc1. The van der Waals surface area contributed by atoms with Crippen molar-refractivity contribution in [3.8, 4) is 0 Å². The molecule has 0 aliphatic carbocycles. The molecule has 0 bridgehead atoms. The minimum absolute atomic E-state index is 0.0883. The molecule has 0 radical (unpaired) electrons. The van der Waals surface area contributed by atoms with Crippen molar-refractivity contribution in [1.29, 1.82) is 0 Å². The molecule has 0 amide bonds. The van der Waals surface area contributed by atoms with E-state index in [1.807, 2.05) is 20.8 Å². The molecule has 0 aliphatic heterocycles. The third kappa shape index (κ3) is 5.60. The first kappa shape index (κ1) is 28.6. The molecule has 0 spiro atoms. The summed E-state index contributed by atoms with van der Waals surface area (Å²) >= 11 is -0.822. The van der Waals surface area contributed by atoms with E-state index in [0.29, 0.717) is 0 Å². The highest BCUT2D eigenvalue weighted by atomic mass is 32.2. The Bertz CT molecular complexity index is 1270. The lowest BCUT2D eigenvalue weighted by atomic mass is 9.87. The number of benzene rings is 2. The van der Waals surface area contributed by atoms with Crippen LogP contribution in [0.1, 0.15) is 52.7 Å². The van der Waals surface area contributed by atoms with Crippen LogP contribution in [0.4, 0.5) is 17.6 Å². The maximum atomic E-state index is 14.4. The van der Waals surface area contributed by atoms with Crippen LogP contribution in [0.5, 0.6) is 0 Å². The van der Waals surface area contributed by atoms with E-state index in [1.54, 1.807) is 32.9 Å². The maximum absolute atomic E-state index is 14.4. The monoisotopic (exact) mass is 542 g/mol. The number of sulfone groups is 1. The van der Waals surface area contributed by atoms with Gasteiger partial charge in [-0.3, -0.25) is 4.55 Å². The zero-order valence-corrected chi connectivity index (χ0v) is 21.8. The predicted octanol–water partition coefficient (Wildman–Crippen LogP) is 6.28. The molecular weight excluding hydrogens is 516 g/mol. The Labute approximate surface area is 201 Å². The molecule has 1 N–H and O–H groups in total. The van der Waals surface area contributed by atoms with Crippen molar-refractivity contribution in [2.24, 2.45) is 0 Å². The molecule has 190 valence electrons. The van der Waals surface area contributed by atoms with Gasteiger partial charge in [-0.15, -0.1) is 0 Å². The Hall–Kier alpha value is -1.63. The van der Waals surface area contributed by atoms with Gasteiger partial charge in [-0.05, 0) is 58.0 Å². The molecule has 0 unspecified atom stereocenters. The standard InChI is InChI=1S/C22H26F4O5S3/c1-19(2,3)14-7-9-15(10-8-14)33(27,28)16-11-12-17(20(4,5)6)18(13-16)32-21(23,24)22(25,26)34(29,30)31/h7-13H,1-6H3,(H,29,30,31). The summed E-state index contributed by atoms with van der Waals surface area (Å²) in [6, 6.07) is 9.17. The van der Waals surface area contributed by atoms with Crippen molar-refractivity contribution < 1.29 is 39.0 Å². The Morgan fingerprint density at radius 1 is 0.735 bits per heavy atom. The summed E-state index contributed by atoms with van der Waals surface area (Å²) in [6.45, 7) is 10.6. The maximum Gasteiger partial charge on any atom is 0.442 e. The number of hydrogen-bond donors (Lipinski definition) is 1. The third-order valence-corrected chi connectivity index (χ3v) is 8.87. The van der Waals surface area contributed by atoms with Crippen LogP contribution in [-0.2, 0) is 30.8 Å². The highest BCUT2D eigenvalue weighted by Gasteiger charge is 2.66. The summed E-state index contributed by atoms with van der Waals surface area (Å²) in [5.41, 5.74) is -0.185. The van der Waals surface area contributed by atoms with Crippen LogP contribution in [0.2, 0.25) is 0 Å². The fourth-order valence-electron chi connectivity index (χ4n) is 2.99. The van der Waals surface area contributed by atoms with Crippen molar-refractivity contribution >= 4 is 31.7 Å². The molecule has 34 heavy (non-hydrogen) atoms. The second-order valence-electron chi connectivity index (χ2n) is 9.80. The zero-order chi connectivity index (χ0) is 26.5. The van der Waals surface area contributed by atoms with Gasteiger partial charge in [-0.2, -0.15) is 26.0 Å². The second kappa shape index (κ2) is 8.79. The largest absolute Gasteiger partial charge is 0.442 e. The lowest BCUT2D eigenvalue weighted by molar-refractivity contribution is -0.0946. The van der Waals surface area contributed by atoms with Crippen molar-refractivity contribution in [1.82, 2.24) is 0 Å². The Kier molecular flexibility index (Phi) is 7.40. The van der Waals surface area contributed by atoms with E-state index in [1.165, 1.54) is 24.3 Å². The zero-order valence-electron chi connectivity index (χ0n) is 19.4. The summed E-state index contributed by atoms with van der Waals surface area (Å²) in [6.07, 6.45) is 0. The number of alkyl halides is 4. The van der Waals surface area contributed by atoms with E-state index in [4.69, 9.17) is 4.55 Å². The van der Waals surface area contributed by atoms with Crippen LogP contribution in [0, 0.1) is 0 Å². The van der Waals surface area contributed by atoms with E-state index < -0.39 is 57.4 Å². The van der Waals surface area contributed by atoms with E-state index in [0.717, 1.165) is 11.6 Å². The minimum Gasteiger partial charge on any atom is -0.281 e. The van der Waals surface area contributed by atoms with E-state index in [2.05, 4.69) is 0 Å². The van der Waals surface area contributed by atoms with Crippen LogP contribution in [-0.4, -0.2) is 31.9 Å². The predicted molar refractivity (Wildman–Crippen MR) is 123 cm³/mol. The summed E-state index contributed by atoms with van der Waals surface area (Å²) in [4.78, 5) is -1.12. The number of rotatable bonds is 6. The van der Waals surface area contributed by atoms with Gasteiger partial charge in [-0.25, -0.2) is 8.42 Å². The van der Waals surface area contributed by atoms with Crippen molar-refractivity contribution in [2.75, 3.05) is 0 Å². The molecule has 0 fully saturated rings. The second-order valence-corrected chi connectivity index (χ2v) is 14.4. The molecule has 0 aromatic heterocycles. The average Bonchev–Trinajstić information content (AvgIpc) is 2.65. The van der Waals surface area contributed by atoms with Crippen LogP contribution in [0.3, 0.4) is 0 Å². The van der Waals surface area contributed by atoms with Crippen molar-refractivity contribution in [3.63, 3.8) is 0 Å². The lowest BCUT2D eigenvalue weighted by Gasteiger charge is -2.27. The van der Waals surface area contributed by atoms with Crippen molar-refractivity contribution in [3.05, 3.63) is 53.6 Å². The fraction of sp³-hybridized carbons (Fsp3) is 0.455. The summed E-state index contributed by atoms with van der Waals surface area (Å²) in [5.74, 6) is 0. The highest BCUT2D eigenvalue weighted by molar-refractivity contribution is 8.01. The van der Waals surface area contributed by atoms with E-state index in [9.17, 15) is 34.4 Å². The van der Waals surface area contributed by atoms with Gasteiger partial charge in [0.05, 0.1) is 9.79 Å². The number of thioether (sulfide) groups is 1. The molecule has 12 heteroatoms. The first-order valence-electron chi connectivity index (χ1n) is 9.94. The Morgan fingerprint density at radius 2 is 1.21 bits per heavy atom. The van der Waals surface area contributed by atoms with Gasteiger partial charge >= 0.3 is 20.6 Å². The minimum atomic E-state index is -6.45. The molecule has 0 aliphatic rings. The first-order valence-corrected chi connectivity index (χ1v) is 13.7. The Balaban J connectivity index is 2.65. The molecule has 5 nitrogen and oxygen atoms in total. The molecule has 2 rings (SSSR count). The molecule has 2 aromatic carbocycles. The topological polar surface area (TPSA) is 88.5 Å². The highest BCUT2D eigenvalue weighted by Crippen LogP contribution is 2.51. The molecule has 0 heterocycles. The van der Waals surface area contributed by atoms with E-state index in [-0.39, 0.29) is 15.9 Å². The molecule has 2 aromatic rings. The van der Waals surface area contributed by atoms with Gasteiger partial charge in [0.15, 0.2) is 0 Å². The van der Waals surface area contributed by atoms with Gasteiger partial charge in [0, 0.05) is 4.90 Å².